The molecule has 0 saturated heterocycles. The van der Waals surface area contributed by atoms with E-state index in [0.29, 0.717) is 37.9 Å². The Hall–Kier alpha value is -1.75. The first-order chi connectivity index (χ1) is 14.0. The molecule has 1 aliphatic rings. The van der Waals surface area contributed by atoms with E-state index in [1.165, 1.54) is 5.56 Å². The lowest BCUT2D eigenvalue weighted by Crippen LogP contribution is -2.20. The third kappa shape index (κ3) is 8.25. The molecule has 0 aliphatic heterocycles. The summed E-state index contributed by atoms with van der Waals surface area (Å²) in [5, 5.41) is 30.9. The number of Topliss-reactive ketones (excluding diaryl/α,β-unsaturated/α-hetero) is 1. The molecule has 0 amide bonds. The quantitative estimate of drug-likeness (QED) is 0.366. The van der Waals surface area contributed by atoms with Gasteiger partial charge in [-0.05, 0) is 43.6 Å². The molecule has 0 bridgehead atoms. The zero-order valence-electron chi connectivity index (χ0n) is 17.5. The number of allylic oxidation sites excluding steroid dienone is 2. The number of carbonyl (C=O) groups excluding carboxylic acids is 1. The molecule has 29 heavy (non-hydrogen) atoms. The molecule has 1 aromatic carbocycles. The van der Waals surface area contributed by atoms with Gasteiger partial charge in [0.1, 0.15) is 5.78 Å². The molecule has 4 nitrogen and oxygen atoms in total. The number of hydrogen-bond acceptors (Lipinski definition) is 4. The lowest BCUT2D eigenvalue weighted by Gasteiger charge is -2.19. The number of unbranched alkanes of at least 4 members (excludes halogenated alkanes) is 1. The predicted octanol–water partition coefficient (Wildman–Crippen LogP) is 3.99. The summed E-state index contributed by atoms with van der Waals surface area (Å²) in [5.41, 5.74) is 1.19. The highest BCUT2D eigenvalue weighted by Gasteiger charge is 2.39. The van der Waals surface area contributed by atoms with Crippen molar-refractivity contribution in [2.45, 2.75) is 76.6 Å². The van der Waals surface area contributed by atoms with Crippen LogP contribution in [0.5, 0.6) is 0 Å². The topological polar surface area (TPSA) is 77.8 Å². The van der Waals surface area contributed by atoms with E-state index in [-0.39, 0.29) is 11.8 Å². The average molecular weight is 401 g/mol. The van der Waals surface area contributed by atoms with Crippen molar-refractivity contribution in [1.82, 2.24) is 0 Å². The van der Waals surface area contributed by atoms with E-state index in [0.717, 1.165) is 19.3 Å². The van der Waals surface area contributed by atoms with Gasteiger partial charge in [-0.2, -0.15) is 0 Å². The normalized spacial score (nSPS) is 25.8. The highest BCUT2D eigenvalue weighted by Crippen LogP contribution is 2.36. The van der Waals surface area contributed by atoms with Crippen molar-refractivity contribution in [3.8, 4) is 0 Å². The Morgan fingerprint density at radius 2 is 1.93 bits per heavy atom. The summed E-state index contributed by atoms with van der Waals surface area (Å²) >= 11 is 0. The summed E-state index contributed by atoms with van der Waals surface area (Å²) in [6.45, 7) is 1.89. The van der Waals surface area contributed by atoms with Crippen LogP contribution >= 0.6 is 0 Å². The Morgan fingerprint density at radius 1 is 1.17 bits per heavy atom. The monoisotopic (exact) mass is 400 g/mol. The van der Waals surface area contributed by atoms with Gasteiger partial charge in [0, 0.05) is 25.2 Å². The average Bonchev–Trinajstić information content (AvgIpc) is 3.00. The van der Waals surface area contributed by atoms with Crippen LogP contribution in [-0.4, -0.2) is 39.4 Å². The van der Waals surface area contributed by atoms with Gasteiger partial charge in [0.05, 0.1) is 18.3 Å². The van der Waals surface area contributed by atoms with Crippen LogP contribution in [0.15, 0.2) is 54.6 Å². The molecule has 0 heterocycles. The van der Waals surface area contributed by atoms with Crippen LogP contribution in [0.4, 0.5) is 0 Å². The van der Waals surface area contributed by atoms with E-state index in [1.54, 1.807) is 6.08 Å². The predicted molar refractivity (Wildman–Crippen MR) is 116 cm³/mol. The maximum Gasteiger partial charge on any atom is 0.132 e. The van der Waals surface area contributed by atoms with Gasteiger partial charge in [-0.15, -0.1) is 0 Å². The van der Waals surface area contributed by atoms with E-state index in [1.807, 2.05) is 43.3 Å². The highest BCUT2D eigenvalue weighted by atomic mass is 16.3. The van der Waals surface area contributed by atoms with Crippen LogP contribution in [0.3, 0.4) is 0 Å². The van der Waals surface area contributed by atoms with E-state index in [4.69, 9.17) is 0 Å². The van der Waals surface area contributed by atoms with Gasteiger partial charge in [0.15, 0.2) is 0 Å². The van der Waals surface area contributed by atoms with Crippen molar-refractivity contribution >= 4 is 5.78 Å². The molecular weight excluding hydrogens is 364 g/mol. The smallest absolute Gasteiger partial charge is 0.132 e. The number of benzene rings is 1. The van der Waals surface area contributed by atoms with Crippen molar-refractivity contribution in [2.75, 3.05) is 0 Å². The van der Waals surface area contributed by atoms with E-state index in [2.05, 4.69) is 12.2 Å². The Bertz CT molecular complexity index is 652. The number of rotatable bonds is 12. The third-order valence-corrected chi connectivity index (χ3v) is 5.84. The molecule has 1 saturated carbocycles. The van der Waals surface area contributed by atoms with Gasteiger partial charge >= 0.3 is 0 Å². The van der Waals surface area contributed by atoms with Crippen LogP contribution < -0.4 is 0 Å². The minimum Gasteiger partial charge on any atom is -0.393 e. The summed E-state index contributed by atoms with van der Waals surface area (Å²) in [4.78, 5) is 11.3. The second-order valence-corrected chi connectivity index (χ2v) is 8.08. The molecule has 1 fully saturated rings. The number of aryl methyl sites for hydroxylation is 1. The fourth-order valence-corrected chi connectivity index (χ4v) is 3.98. The van der Waals surface area contributed by atoms with Crippen molar-refractivity contribution in [3.05, 3.63) is 60.2 Å². The third-order valence-electron chi connectivity index (χ3n) is 5.84. The van der Waals surface area contributed by atoms with Crippen LogP contribution in [0.1, 0.15) is 57.4 Å². The molecule has 5 atom stereocenters. The standard InChI is InChI=1S/C25H36O4/c1-2-20(26)12-8-3-4-9-13-22-23(25(29)18-24(22)28)17-16-21(27)15-14-19-10-6-5-7-11-19/h4-7,9-11,16-17,21-25,27-29H,2-3,8,12-15,18H2,1H3/b9-4-,17-16+/t21-,22+,23+,24-,25+/m1/s1. The van der Waals surface area contributed by atoms with Gasteiger partial charge in [-0.1, -0.05) is 61.6 Å². The first-order valence-corrected chi connectivity index (χ1v) is 10.9. The molecule has 0 aromatic heterocycles. The fraction of sp³-hybridized carbons (Fsp3) is 0.560. The minimum atomic E-state index is -0.580. The lowest BCUT2D eigenvalue weighted by atomic mass is 9.89. The van der Waals surface area contributed by atoms with Crippen molar-refractivity contribution in [1.29, 1.82) is 0 Å². The SMILES string of the molecule is CCC(=O)CCC/C=C\C[C@H]1[C@H](/C=C/[C@H](O)CCc2ccccc2)[C@@H](O)C[C@H]1O. The van der Waals surface area contributed by atoms with Gasteiger partial charge in [0.2, 0.25) is 0 Å². The molecule has 0 unspecified atom stereocenters. The van der Waals surface area contributed by atoms with Crippen molar-refractivity contribution in [3.63, 3.8) is 0 Å². The van der Waals surface area contributed by atoms with E-state index in [9.17, 15) is 20.1 Å². The summed E-state index contributed by atoms with van der Waals surface area (Å²) in [7, 11) is 0. The van der Waals surface area contributed by atoms with E-state index < -0.39 is 18.3 Å². The maximum absolute atomic E-state index is 11.3. The summed E-state index contributed by atoms with van der Waals surface area (Å²) in [6.07, 6.45) is 11.5. The second kappa shape index (κ2) is 12.7. The number of ketones is 1. The minimum absolute atomic E-state index is 0.0453. The first-order valence-electron chi connectivity index (χ1n) is 10.9. The van der Waals surface area contributed by atoms with Crippen LogP contribution in [-0.2, 0) is 11.2 Å². The molecule has 1 aliphatic carbocycles. The Balaban J connectivity index is 1.80. The maximum atomic E-state index is 11.3. The lowest BCUT2D eigenvalue weighted by molar-refractivity contribution is -0.118. The molecule has 160 valence electrons. The first kappa shape index (κ1) is 23.5. The Morgan fingerprint density at radius 3 is 2.66 bits per heavy atom. The van der Waals surface area contributed by atoms with Gasteiger partial charge in [-0.3, -0.25) is 4.79 Å². The van der Waals surface area contributed by atoms with Crippen LogP contribution in [0.25, 0.3) is 0 Å². The molecule has 3 N–H and O–H groups in total. The van der Waals surface area contributed by atoms with Crippen LogP contribution in [0.2, 0.25) is 0 Å². The highest BCUT2D eigenvalue weighted by molar-refractivity contribution is 5.77. The second-order valence-electron chi connectivity index (χ2n) is 8.08. The summed E-state index contributed by atoms with van der Waals surface area (Å²) in [5.74, 6) is 0.0996. The van der Waals surface area contributed by atoms with Gasteiger partial charge < -0.3 is 15.3 Å². The number of carbonyl (C=O) groups is 1. The number of hydrogen-bond donors (Lipinski definition) is 3. The molecule has 4 heteroatoms. The molecule has 0 radical (unpaired) electrons. The zero-order chi connectivity index (χ0) is 21.1. The zero-order valence-corrected chi connectivity index (χ0v) is 17.5. The molecule has 0 spiro atoms. The van der Waals surface area contributed by atoms with Crippen molar-refractivity contribution < 1.29 is 20.1 Å². The van der Waals surface area contributed by atoms with Gasteiger partial charge in [-0.25, -0.2) is 0 Å². The summed E-state index contributed by atoms with van der Waals surface area (Å²) in [6, 6.07) is 10.1. The Labute approximate surface area is 175 Å². The van der Waals surface area contributed by atoms with E-state index >= 15 is 0 Å². The fourth-order valence-electron chi connectivity index (χ4n) is 3.98. The van der Waals surface area contributed by atoms with Crippen molar-refractivity contribution in [2.24, 2.45) is 11.8 Å². The Kier molecular flexibility index (Phi) is 10.3. The number of aliphatic hydroxyl groups excluding tert-OH is 3. The summed E-state index contributed by atoms with van der Waals surface area (Å²) < 4.78 is 0. The number of aliphatic hydroxyl groups is 3. The van der Waals surface area contributed by atoms with Gasteiger partial charge in [0.25, 0.3) is 0 Å². The molecule has 2 rings (SSSR count). The molecule has 1 aromatic rings. The largest absolute Gasteiger partial charge is 0.393 e. The molecular formula is C25H36O4. The van der Waals surface area contributed by atoms with Crippen LogP contribution in [0, 0.1) is 11.8 Å².